The van der Waals surface area contributed by atoms with Crippen LogP contribution in [0.2, 0.25) is 0 Å². The lowest BCUT2D eigenvalue weighted by molar-refractivity contribution is 0.101. The highest BCUT2D eigenvalue weighted by atomic mass is 16.5. The number of nitrogens with one attached hydrogen (secondary N) is 1. The molecule has 1 N–H and O–H groups in total. The summed E-state index contributed by atoms with van der Waals surface area (Å²) in [6.07, 6.45) is 0. The van der Waals surface area contributed by atoms with Crippen LogP contribution in [0, 0.1) is 0 Å². The number of H-pyrrole nitrogens is 1. The van der Waals surface area contributed by atoms with Gasteiger partial charge in [0, 0.05) is 10.8 Å². The van der Waals surface area contributed by atoms with Crippen molar-refractivity contribution in [3.63, 3.8) is 0 Å². The van der Waals surface area contributed by atoms with Crippen molar-refractivity contribution in [2.24, 2.45) is 0 Å². The number of fused-ring (bicyclic) bond motifs is 1. The molecule has 0 unspecified atom stereocenters. The molecule has 1 heterocycles. The van der Waals surface area contributed by atoms with Crippen LogP contribution in [0.1, 0.15) is 17.3 Å². The maximum Gasteiger partial charge on any atom is 0.258 e. The van der Waals surface area contributed by atoms with E-state index in [1.807, 2.05) is 0 Å². The van der Waals surface area contributed by atoms with Crippen molar-refractivity contribution >= 4 is 16.6 Å². The number of rotatable bonds is 2. The number of aromatic amines is 1. The predicted molar refractivity (Wildman–Crippen MR) is 61.1 cm³/mol. The Kier molecular flexibility index (Phi) is 2.48. The van der Waals surface area contributed by atoms with Crippen LogP contribution in [-0.2, 0) is 0 Å². The van der Waals surface area contributed by atoms with Crippen molar-refractivity contribution < 1.29 is 9.53 Å². The van der Waals surface area contributed by atoms with Gasteiger partial charge in [-0.25, -0.2) is 0 Å². The van der Waals surface area contributed by atoms with Gasteiger partial charge in [0.05, 0.1) is 12.7 Å². The van der Waals surface area contributed by atoms with E-state index in [4.69, 9.17) is 4.74 Å². The fraction of sp³-hybridized carbons (Fsp3) is 0.167. The number of ketones is 1. The van der Waals surface area contributed by atoms with Crippen molar-refractivity contribution in [1.29, 1.82) is 0 Å². The van der Waals surface area contributed by atoms with Crippen molar-refractivity contribution in [3.8, 4) is 5.88 Å². The van der Waals surface area contributed by atoms with E-state index >= 15 is 0 Å². The third-order valence-electron chi connectivity index (χ3n) is 2.45. The van der Waals surface area contributed by atoms with Gasteiger partial charge < -0.3 is 4.74 Å². The molecule has 0 saturated heterocycles. The molecule has 0 spiro atoms. The van der Waals surface area contributed by atoms with Gasteiger partial charge >= 0.3 is 0 Å². The number of carbonyl (C=O) groups excluding carboxylic acids is 1. The normalized spacial score (nSPS) is 10.4. The molecule has 0 aliphatic carbocycles. The number of aromatic nitrogens is 1. The summed E-state index contributed by atoms with van der Waals surface area (Å²) in [5.74, 6) is 0.0838. The molecule has 16 heavy (non-hydrogen) atoms. The summed E-state index contributed by atoms with van der Waals surface area (Å²) in [5, 5.41) is 1.11. The summed E-state index contributed by atoms with van der Waals surface area (Å²) in [6, 6.07) is 6.96. The Bertz CT molecular complexity index is 613. The molecule has 0 radical (unpaired) electrons. The Balaban J connectivity index is 2.98. The summed E-state index contributed by atoms with van der Waals surface area (Å²) in [5.41, 5.74) is 0.162. The highest BCUT2D eigenvalue weighted by molar-refractivity contribution is 6.08. The molecule has 1 aromatic carbocycles. The molecule has 1 aromatic heterocycles. The standard InChI is InChI=1S/C12H11NO3/c1-7(14)10-8-5-3-4-6-9(8)11(15)13-12(10)16-2/h3-6H,1-2H3,(H,13,15). The molecule has 4 nitrogen and oxygen atoms in total. The van der Waals surface area contributed by atoms with E-state index < -0.39 is 0 Å². The van der Waals surface area contributed by atoms with Crippen LogP contribution in [0.4, 0.5) is 0 Å². The first kappa shape index (κ1) is 10.4. The Hall–Kier alpha value is -2.10. The third-order valence-corrected chi connectivity index (χ3v) is 2.45. The number of benzene rings is 1. The molecule has 4 heteroatoms. The number of Topliss-reactive ketones (excluding diaryl/α,β-unsaturated/α-hetero) is 1. The lowest BCUT2D eigenvalue weighted by Crippen LogP contribution is -2.12. The molecule has 2 aromatic rings. The average Bonchev–Trinajstić information content (AvgIpc) is 2.28. The largest absolute Gasteiger partial charge is 0.482 e. The van der Waals surface area contributed by atoms with Crippen molar-refractivity contribution in [2.75, 3.05) is 7.11 Å². The minimum Gasteiger partial charge on any atom is -0.482 e. The van der Waals surface area contributed by atoms with Gasteiger partial charge in [-0.2, -0.15) is 0 Å². The first-order chi connectivity index (χ1) is 7.65. The van der Waals surface area contributed by atoms with Crippen molar-refractivity contribution in [3.05, 3.63) is 40.2 Å². The van der Waals surface area contributed by atoms with Gasteiger partial charge in [0.2, 0.25) is 5.88 Å². The minimum atomic E-state index is -0.252. The number of hydrogen-bond donors (Lipinski definition) is 1. The number of pyridine rings is 1. The lowest BCUT2D eigenvalue weighted by Gasteiger charge is -2.08. The first-order valence-electron chi connectivity index (χ1n) is 4.85. The van der Waals surface area contributed by atoms with Gasteiger partial charge in [-0.3, -0.25) is 14.6 Å². The molecular formula is C12H11NO3. The lowest BCUT2D eigenvalue weighted by atomic mass is 10.0. The molecule has 0 aliphatic heterocycles. The molecule has 0 aliphatic rings. The summed E-state index contributed by atoms with van der Waals surface area (Å²) >= 11 is 0. The van der Waals surface area contributed by atoms with Gasteiger partial charge in [-0.05, 0) is 13.0 Å². The minimum absolute atomic E-state index is 0.135. The average molecular weight is 217 g/mol. The van der Waals surface area contributed by atoms with E-state index in [9.17, 15) is 9.59 Å². The maximum atomic E-state index is 11.7. The van der Waals surface area contributed by atoms with E-state index in [-0.39, 0.29) is 17.2 Å². The quantitative estimate of drug-likeness (QED) is 0.779. The Morgan fingerprint density at radius 2 is 1.88 bits per heavy atom. The monoisotopic (exact) mass is 217 g/mol. The molecule has 0 amide bonds. The summed E-state index contributed by atoms with van der Waals surface area (Å²) in [7, 11) is 1.42. The van der Waals surface area contributed by atoms with Crippen LogP contribution in [0.3, 0.4) is 0 Å². The predicted octanol–water partition coefficient (Wildman–Crippen LogP) is 1.74. The van der Waals surface area contributed by atoms with E-state index in [0.29, 0.717) is 16.3 Å². The summed E-state index contributed by atoms with van der Waals surface area (Å²) in [4.78, 5) is 25.8. The van der Waals surface area contributed by atoms with Gasteiger partial charge in [-0.1, -0.05) is 18.2 Å². The molecule has 0 atom stereocenters. The first-order valence-corrected chi connectivity index (χ1v) is 4.85. The Labute approximate surface area is 91.9 Å². The topological polar surface area (TPSA) is 59.2 Å². The van der Waals surface area contributed by atoms with Crippen LogP contribution >= 0.6 is 0 Å². The molecule has 2 rings (SSSR count). The molecule has 82 valence electrons. The van der Waals surface area contributed by atoms with Crippen LogP contribution in [0.15, 0.2) is 29.1 Å². The van der Waals surface area contributed by atoms with Gasteiger partial charge in [-0.15, -0.1) is 0 Å². The van der Waals surface area contributed by atoms with Crippen LogP contribution < -0.4 is 10.3 Å². The van der Waals surface area contributed by atoms with E-state index in [1.165, 1.54) is 14.0 Å². The summed E-state index contributed by atoms with van der Waals surface area (Å²) in [6.45, 7) is 1.45. The number of ether oxygens (including phenoxy) is 1. The highest BCUT2D eigenvalue weighted by Crippen LogP contribution is 2.23. The zero-order chi connectivity index (χ0) is 11.7. The van der Waals surface area contributed by atoms with Crippen LogP contribution in [0.25, 0.3) is 10.8 Å². The van der Waals surface area contributed by atoms with Gasteiger partial charge in [0.1, 0.15) is 0 Å². The second-order valence-corrected chi connectivity index (χ2v) is 3.46. The maximum absolute atomic E-state index is 11.7. The number of methoxy groups -OCH3 is 1. The van der Waals surface area contributed by atoms with Crippen LogP contribution in [-0.4, -0.2) is 17.9 Å². The van der Waals surface area contributed by atoms with E-state index in [1.54, 1.807) is 24.3 Å². The van der Waals surface area contributed by atoms with E-state index in [2.05, 4.69) is 4.98 Å². The Morgan fingerprint density at radius 1 is 1.25 bits per heavy atom. The van der Waals surface area contributed by atoms with Crippen molar-refractivity contribution in [1.82, 2.24) is 4.98 Å². The van der Waals surface area contributed by atoms with Crippen LogP contribution in [0.5, 0.6) is 5.88 Å². The fourth-order valence-electron chi connectivity index (χ4n) is 1.76. The highest BCUT2D eigenvalue weighted by Gasteiger charge is 2.14. The fourth-order valence-corrected chi connectivity index (χ4v) is 1.76. The second kappa shape index (κ2) is 3.81. The van der Waals surface area contributed by atoms with Crippen molar-refractivity contribution in [2.45, 2.75) is 6.92 Å². The third kappa shape index (κ3) is 1.48. The Morgan fingerprint density at radius 3 is 2.44 bits per heavy atom. The van der Waals surface area contributed by atoms with E-state index in [0.717, 1.165) is 0 Å². The zero-order valence-corrected chi connectivity index (χ0v) is 9.03. The SMILES string of the molecule is COc1[nH]c(=O)c2ccccc2c1C(C)=O. The molecule has 0 fully saturated rings. The van der Waals surface area contributed by atoms with Gasteiger partial charge in [0.25, 0.3) is 5.56 Å². The number of carbonyl (C=O) groups is 1. The molecule has 0 saturated carbocycles. The van der Waals surface area contributed by atoms with Gasteiger partial charge in [0.15, 0.2) is 5.78 Å². The zero-order valence-electron chi connectivity index (χ0n) is 9.03. The smallest absolute Gasteiger partial charge is 0.258 e. The molecule has 0 bridgehead atoms. The molecular weight excluding hydrogens is 206 g/mol. The summed E-state index contributed by atoms with van der Waals surface area (Å²) < 4.78 is 5.02. The number of hydrogen-bond acceptors (Lipinski definition) is 3. The second-order valence-electron chi connectivity index (χ2n) is 3.46.